The number of amides is 3. The molecule has 2 N–H and O–H groups in total. The Hall–Kier alpha value is -1.79. The van der Waals surface area contributed by atoms with Crippen molar-refractivity contribution >= 4 is 18.1 Å². The third-order valence-electron chi connectivity index (χ3n) is 4.14. The van der Waals surface area contributed by atoms with Crippen LogP contribution in [0.1, 0.15) is 51.9 Å². The number of methoxy groups -OCH3 is 1. The smallest absolute Gasteiger partial charge is 0.441 e. The summed E-state index contributed by atoms with van der Waals surface area (Å²) in [6.45, 7) is 2.84. The molecule has 0 aromatic heterocycles. The van der Waals surface area contributed by atoms with Gasteiger partial charge in [-0.25, -0.2) is 9.59 Å². The highest BCUT2D eigenvalue weighted by molar-refractivity contribution is 6.00. The molecule has 0 atom stereocenters. The summed E-state index contributed by atoms with van der Waals surface area (Å²) in [5.74, 6) is 0.429. The summed E-state index contributed by atoms with van der Waals surface area (Å²) < 4.78 is 6.61. The molecule has 1 aliphatic rings. The first-order valence-corrected chi connectivity index (χ1v) is 8.46. The molecule has 1 saturated carbocycles. The highest BCUT2D eigenvalue weighted by Crippen LogP contribution is 2.17. The van der Waals surface area contributed by atoms with Crippen molar-refractivity contribution in [3.8, 4) is 0 Å². The van der Waals surface area contributed by atoms with Gasteiger partial charge in [-0.2, -0.15) is 10.2 Å². The standard InChI is InChI=1S/C16H30N4O3/c1-5-6-12-19(2)15(20(3)16(22)23-4)18-14(21)17-13-10-8-7-9-11-13/h13H,5-12H2,1-4H3,(H,17,21)/p+1. The third-order valence-corrected chi connectivity index (χ3v) is 4.14. The lowest BCUT2D eigenvalue weighted by Crippen LogP contribution is -2.54. The van der Waals surface area contributed by atoms with Gasteiger partial charge in [-0.15, -0.1) is 0 Å². The van der Waals surface area contributed by atoms with Gasteiger partial charge >= 0.3 is 18.1 Å². The number of carbonyl (C=O) groups is 2. The van der Waals surface area contributed by atoms with Crippen molar-refractivity contribution in [1.29, 1.82) is 0 Å². The highest BCUT2D eigenvalue weighted by atomic mass is 16.5. The molecule has 1 fully saturated rings. The van der Waals surface area contributed by atoms with E-state index in [2.05, 4.69) is 17.6 Å². The molecule has 132 valence electrons. The van der Waals surface area contributed by atoms with Gasteiger partial charge < -0.3 is 10.1 Å². The Balaban J connectivity index is 2.74. The van der Waals surface area contributed by atoms with Crippen molar-refractivity contribution in [3.63, 3.8) is 0 Å². The molecule has 0 unspecified atom stereocenters. The second kappa shape index (κ2) is 10.1. The van der Waals surface area contributed by atoms with Crippen LogP contribution in [0.25, 0.3) is 0 Å². The van der Waals surface area contributed by atoms with Crippen LogP contribution in [0.15, 0.2) is 0 Å². The van der Waals surface area contributed by atoms with Crippen molar-refractivity contribution in [2.24, 2.45) is 0 Å². The number of urea groups is 1. The number of guanidine groups is 1. The first-order valence-electron chi connectivity index (χ1n) is 8.46. The molecule has 0 bridgehead atoms. The fraction of sp³-hybridized carbons (Fsp3) is 0.812. The van der Waals surface area contributed by atoms with Crippen LogP contribution in [-0.4, -0.2) is 61.4 Å². The Morgan fingerprint density at radius 2 is 1.91 bits per heavy atom. The summed E-state index contributed by atoms with van der Waals surface area (Å²) in [6, 6.07) is -0.0552. The lowest BCUT2D eigenvalue weighted by molar-refractivity contribution is -0.504. The molecule has 23 heavy (non-hydrogen) atoms. The Kier molecular flexibility index (Phi) is 8.43. The fourth-order valence-electron chi connectivity index (χ4n) is 2.73. The lowest BCUT2D eigenvalue weighted by Gasteiger charge is -2.22. The third kappa shape index (κ3) is 6.46. The Morgan fingerprint density at radius 3 is 2.48 bits per heavy atom. The Bertz CT molecular complexity index is 431. The van der Waals surface area contributed by atoms with Crippen LogP contribution in [0, 0.1) is 0 Å². The van der Waals surface area contributed by atoms with Gasteiger partial charge in [-0.05, 0) is 19.3 Å². The minimum absolute atomic E-state index is 0.217. The highest BCUT2D eigenvalue weighted by Gasteiger charge is 2.28. The maximum Gasteiger partial charge on any atom is 0.478 e. The van der Waals surface area contributed by atoms with Crippen molar-refractivity contribution < 1.29 is 18.9 Å². The number of hydrogen-bond acceptors (Lipinski definition) is 3. The molecule has 1 aliphatic carbocycles. The number of ether oxygens (including phenoxy) is 1. The van der Waals surface area contributed by atoms with Gasteiger partial charge in [0, 0.05) is 6.04 Å². The van der Waals surface area contributed by atoms with Crippen molar-refractivity contribution in [1.82, 2.24) is 15.5 Å². The average molecular weight is 327 g/mol. The zero-order chi connectivity index (χ0) is 17.2. The molecule has 0 aromatic carbocycles. The molecule has 3 amide bonds. The van der Waals surface area contributed by atoms with Crippen LogP contribution in [-0.2, 0) is 4.74 Å². The van der Waals surface area contributed by atoms with Crippen molar-refractivity contribution in [2.75, 3.05) is 27.7 Å². The number of hydrogen-bond donors (Lipinski definition) is 2. The minimum atomic E-state index is -0.513. The van der Waals surface area contributed by atoms with Gasteiger partial charge in [-0.3, -0.25) is 4.58 Å². The van der Waals surface area contributed by atoms with Gasteiger partial charge in [0.1, 0.15) is 0 Å². The number of carbonyl (C=O) groups excluding carboxylic acids is 2. The molecule has 0 saturated heterocycles. The molecule has 0 spiro atoms. The lowest BCUT2D eigenvalue weighted by atomic mass is 9.96. The number of nitrogens with zero attached hydrogens (tertiary/aromatic N) is 2. The van der Waals surface area contributed by atoms with E-state index in [0.29, 0.717) is 5.96 Å². The first-order chi connectivity index (χ1) is 11.0. The Labute approximate surface area is 139 Å². The van der Waals surface area contributed by atoms with E-state index in [-0.39, 0.29) is 12.1 Å². The quantitative estimate of drug-likeness (QED) is 0.472. The van der Waals surface area contributed by atoms with Crippen LogP contribution in [0.4, 0.5) is 9.59 Å². The maximum atomic E-state index is 12.3. The van der Waals surface area contributed by atoms with Crippen LogP contribution < -0.4 is 10.6 Å². The van der Waals surface area contributed by atoms with E-state index < -0.39 is 6.09 Å². The molecule has 0 aliphatic heterocycles. The molecular formula is C16H31N4O3+. The van der Waals surface area contributed by atoms with Crippen molar-refractivity contribution in [2.45, 2.75) is 57.9 Å². The fourth-order valence-corrected chi connectivity index (χ4v) is 2.73. The second-order valence-corrected chi connectivity index (χ2v) is 6.06. The van der Waals surface area contributed by atoms with Gasteiger partial charge in [0.25, 0.3) is 0 Å². The first kappa shape index (κ1) is 19.3. The van der Waals surface area contributed by atoms with Crippen LogP contribution >= 0.6 is 0 Å². The normalized spacial score (nSPS) is 16.3. The van der Waals surface area contributed by atoms with E-state index in [1.807, 2.05) is 11.6 Å². The SMILES string of the molecule is CCCC[N+](C)=C(NC(=O)NC1CCCCC1)N(C)C(=O)OC. The molecule has 1 rings (SSSR count). The van der Waals surface area contributed by atoms with E-state index in [1.165, 1.54) is 18.4 Å². The largest absolute Gasteiger partial charge is 0.478 e. The monoisotopic (exact) mass is 327 g/mol. The topological polar surface area (TPSA) is 73.7 Å². The summed E-state index contributed by atoms with van der Waals surface area (Å²) in [5, 5.41) is 5.80. The zero-order valence-electron chi connectivity index (χ0n) is 14.9. The Morgan fingerprint density at radius 1 is 1.26 bits per heavy atom. The second-order valence-electron chi connectivity index (χ2n) is 6.06. The van der Waals surface area contributed by atoms with Gasteiger partial charge in [0.2, 0.25) is 0 Å². The number of unbranched alkanes of at least 4 members (excludes halogenated alkanes) is 1. The predicted molar refractivity (Wildman–Crippen MR) is 89.7 cm³/mol. The minimum Gasteiger partial charge on any atom is -0.441 e. The van der Waals surface area contributed by atoms with Crippen LogP contribution in [0.2, 0.25) is 0 Å². The molecule has 7 heteroatoms. The van der Waals surface area contributed by atoms with Crippen LogP contribution in [0.5, 0.6) is 0 Å². The summed E-state index contributed by atoms with van der Waals surface area (Å²) in [6.07, 6.45) is 7.07. The molecule has 7 nitrogen and oxygen atoms in total. The van der Waals surface area contributed by atoms with E-state index in [1.54, 1.807) is 7.05 Å². The van der Waals surface area contributed by atoms with Crippen molar-refractivity contribution in [3.05, 3.63) is 0 Å². The summed E-state index contributed by atoms with van der Waals surface area (Å²) in [5.41, 5.74) is 0. The van der Waals surface area contributed by atoms with Gasteiger partial charge in [0.05, 0.1) is 27.7 Å². The van der Waals surface area contributed by atoms with E-state index in [0.717, 1.165) is 45.1 Å². The molecular weight excluding hydrogens is 296 g/mol. The average Bonchev–Trinajstić information content (AvgIpc) is 2.57. The number of nitrogens with one attached hydrogen (secondary N) is 2. The van der Waals surface area contributed by atoms with Gasteiger partial charge in [0.15, 0.2) is 0 Å². The summed E-state index contributed by atoms with van der Waals surface area (Å²) in [7, 11) is 4.76. The zero-order valence-corrected chi connectivity index (χ0v) is 14.9. The van der Waals surface area contributed by atoms with E-state index in [9.17, 15) is 9.59 Å². The van der Waals surface area contributed by atoms with Gasteiger partial charge in [-0.1, -0.05) is 32.6 Å². The van der Waals surface area contributed by atoms with E-state index in [4.69, 9.17) is 4.74 Å². The predicted octanol–water partition coefficient (Wildman–Crippen LogP) is 2.11. The number of rotatable bonds is 4. The summed E-state index contributed by atoms with van der Waals surface area (Å²) in [4.78, 5) is 25.4. The maximum absolute atomic E-state index is 12.3. The van der Waals surface area contributed by atoms with Crippen LogP contribution in [0.3, 0.4) is 0 Å². The molecule has 0 radical (unpaired) electrons. The summed E-state index contributed by atoms with van der Waals surface area (Å²) >= 11 is 0. The molecule has 0 aromatic rings. The molecule has 0 heterocycles. The van der Waals surface area contributed by atoms with E-state index >= 15 is 0 Å².